The zero-order chi connectivity index (χ0) is 24.0. The fraction of sp³-hybridized carbons (Fsp3) is 0.400. The largest absolute Gasteiger partial charge is 0.479 e. The van der Waals surface area contributed by atoms with E-state index in [-0.39, 0.29) is 29.6 Å². The molecule has 0 radical (unpaired) electrons. The molecule has 178 valence electrons. The van der Waals surface area contributed by atoms with E-state index < -0.39 is 36.2 Å². The van der Waals surface area contributed by atoms with E-state index in [2.05, 4.69) is 0 Å². The number of rotatable bonds is 5. The van der Waals surface area contributed by atoms with E-state index in [9.17, 15) is 23.2 Å². The molecule has 2 aromatic carbocycles. The molecule has 0 saturated heterocycles. The van der Waals surface area contributed by atoms with Gasteiger partial charge in [0, 0.05) is 29.3 Å². The number of halogens is 2. The summed E-state index contributed by atoms with van der Waals surface area (Å²) in [7, 11) is 0. The number of para-hydroxylation sites is 1. The van der Waals surface area contributed by atoms with Gasteiger partial charge in [-0.2, -0.15) is 0 Å². The average molecular weight is 470 g/mol. The van der Waals surface area contributed by atoms with E-state index >= 15 is 0 Å². The molecule has 7 nitrogen and oxygen atoms in total. The minimum absolute atomic E-state index is 0.0472. The standard InChI is InChI=1S/C25H24F2N2O5/c26-18-11-8-14(12-19(18)27)24(32)29-20-6-2-1-4-16(20)23(17-5-3-7-21(17)29)28(15-9-10-15)25(33)34-13-22(30)31/h1-2,4,6,8,11-12,15,17,21,23H,3,5,7,9-10,13H2,(H,30,31)/t17-,21+,23-/m0/s1. The van der Waals surface area contributed by atoms with Crippen LogP contribution in [0.3, 0.4) is 0 Å². The van der Waals surface area contributed by atoms with Gasteiger partial charge in [-0.05, 0) is 55.5 Å². The lowest BCUT2D eigenvalue weighted by Gasteiger charge is -2.47. The van der Waals surface area contributed by atoms with Crippen LogP contribution in [-0.2, 0) is 9.53 Å². The fourth-order valence-corrected chi connectivity index (χ4v) is 5.45. The van der Waals surface area contributed by atoms with Crippen molar-refractivity contribution in [2.24, 2.45) is 5.92 Å². The molecule has 34 heavy (non-hydrogen) atoms. The molecule has 0 aromatic heterocycles. The van der Waals surface area contributed by atoms with Crippen LogP contribution in [0, 0.1) is 17.6 Å². The number of carbonyl (C=O) groups is 3. The van der Waals surface area contributed by atoms with Crippen LogP contribution in [0.2, 0.25) is 0 Å². The molecule has 1 aliphatic heterocycles. The van der Waals surface area contributed by atoms with Crippen molar-refractivity contribution < 1.29 is 33.0 Å². The number of ether oxygens (including phenoxy) is 1. The minimum Gasteiger partial charge on any atom is -0.479 e. The summed E-state index contributed by atoms with van der Waals surface area (Å²) < 4.78 is 32.5. The number of amides is 2. The molecule has 2 aromatic rings. The van der Waals surface area contributed by atoms with E-state index in [0.29, 0.717) is 12.1 Å². The third-order valence-corrected chi connectivity index (χ3v) is 6.94. The molecule has 0 bridgehead atoms. The van der Waals surface area contributed by atoms with Gasteiger partial charge < -0.3 is 14.7 Å². The second-order valence-electron chi connectivity index (χ2n) is 9.06. The maximum absolute atomic E-state index is 13.9. The summed E-state index contributed by atoms with van der Waals surface area (Å²) >= 11 is 0. The number of benzene rings is 2. The second-order valence-corrected chi connectivity index (χ2v) is 9.06. The first-order chi connectivity index (χ1) is 16.4. The summed E-state index contributed by atoms with van der Waals surface area (Å²) in [6, 6.07) is 9.75. The molecular formula is C25H24F2N2O5. The molecule has 9 heteroatoms. The van der Waals surface area contributed by atoms with Gasteiger partial charge in [0.25, 0.3) is 5.91 Å². The van der Waals surface area contributed by atoms with Crippen molar-refractivity contribution >= 4 is 23.7 Å². The van der Waals surface area contributed by atoms with Gasteiger partial charge in [0.05, 0.1) is 6.04 Å². The Kier molecular flexibility index (Phi) is 5.71. The van der Waals surface area contributed by atoms with Gasteiger partial charge in [0.15, 0.2) is 18.2 Å². The summed E-state index contributed by atoms with van der Waals surface area (Å²) in [5.41, 5.74) is 1.43. The van der Waals surface area contributed by atoms with Crippen LogP contribution in [0.5, 0.6) is 0 Å². The number of aliphatic carboxylic acids is 1. The number of anilines is 1. The average Bonchev–Trinajstić information content (AvgIpc) is 3.54. The Morgan fingerprint density at radius 1 is 1.03 bits per heavy atom. The first-order valence-corrected chi connectivity index (χ1v) is 11.4. The highest BCUT2D eigenvalue weighted by atomic mass is 19.2. The summed E-state index contributed by atoms with van der Waals surface area (Å²) in [5, 5.41) is 8.97. The maximum atomic E-state index is 13.9. The van der Waals surface area contributed by atoms with Gasteiger partial charge in [-0.1, -0.05) is 24.6 Å². The Morgan fingerprint density at radius 2 is 1.79 bits per heavy atom. The minimum atomic E-state index is -1.23. The lowest BCUT2D eigenvalue weighted by molar-refractivity contribution is -0.140. The molecule has 0 spiro atoms. The van der Waals surface area contributed by atoms with Crippen LogP contribution in [0.1, 0.15) is 54.1 Å². The van der Waals surface area contributed by atoms with E-state index in [4.69, 9.17) is 9.84 Å². The Labute approximate surface area is 194 Å². The predicted octanol–water partition coefficient (Wildman–Crippen LogP) is 4.52. The van der Waals surface area contributed by atoms with Gasteiger partial charge in [0.2, 0.25) is 0 Å². The lowest BCUT2D eigenvalue weighted by atomic mass is 9.81. The topological polar surface area (TPSA) is 87.2 Å². The van der Waals surface area contributed by atoms with Crippen molar-refractivity contribution in [1.29, 1.82) is 0 Å². The Hall–Kier alpha value is -3.49. The Bertz CT molecular complexity index is 1150. The summed E-state index contributed by atoms with van der Waals surface area (Å²) in [6.07, 6.45) is 3.24. The molecule has 1 N–H and O–H groups in total. The molecule has 0 unspecified atom stereocenters. The molecule has 2 amide bonds. The normalized spacial score (nSPS) is 23.1. The van der Waals surface area contributed by atoms with Crippen molar-refractivity contribution in [3.63, 3.8) is 0 Å². The first-order valence-electron chi connectivity index (χ1n) is 11.4. The lowest BCUT2D eigenvalue weighted by Crippen LogP contribution is -2.53. The molecule has 2 fully saturated rings. The van der Waals surface area contributed by atoms with E-state index in [0.717, 1.165) is 43.4 Å². The smallest absolute Gasteiger partial charge is 0.411 e. The van der Waals surface area contributed by atoms with Gasteiger partial charge in [-0.3, -0.25) is 9.69 Å². The third kappa shape index (κ3) is 3.89. The van der Waals surface area contributed by atoms with Crippen LogP contribution >= 0.6 is 0 Å². The number of hydrogen-bond donors (Lipinski definition) is 1. The number of fused-ring (bicyclic) bond motifs is 2. The van der Waals surface area contributed by atoms with Gasteiger partial charge in [-0.15, -0.1) is 0 Å². The third-order valence-electron chi connectivity index (χ3n) is 6.94. The van der Waals surface area contributed by atoms with Gasteiger partial charge in [0.1, 0.15) is 0 Å². The van der Waals surface area contributed by atoms with E-state index in [1.165, 1.54) is 6.07 Å². The molecule has 3 aliphatic rings. The molecule has 5 rings (SSSR count). The maximum Gasteiger partial charge on any atom is 0.411 e. The SMILES string of the molecule is O=C(O)COC(=O)N(C1CC1)[C@H]1c2ccccc2N(C(=O)c2ccc(F)c(F)c2)[C@@H]2CCC[C@@H]21. The highest BCUT2D eigenvalue weighted by Crippen LogP contribution is 2.52. The Balaban J connectivity index is 1.56. The second kappa shape index (κ2) is 8.70. The van der Waals surface area contributed by atoms with Gasteiger partial charge in [-0.25, -0.2) is 18.4 Å². The van der Waals surface area contributed by atoms with Crippen LogP contribution in [0.15, 0.2) is 42.5 Å². The summed E-state index contributed by atoms with van der Waals surface area (Å²) in [6.45, 7) is -0.717. The Morgan fingerprint density at radius 3 is 2.50 bits per heavy atom. The molecular weight excluding hydrogens is 446 g/mol. The van der Waals surface area contributed by atoms with Crippen molar-refractivity contribution in [3.05, 3.63) is 65.2 Å². The van der Waals surface area contributed by atoms with Gasteiger partial charge >= 0.3 is 12.1 Å². The predicted molar refractivity (Wildman–Crippen MR) is 117 cm³/mol. The van der Waals surface area contributed by atoms with Crippen LogP contribution in [0.25, 0.3) is 0 Å². The number of carboxylic acids is 1. The zero-order valence-corrected chi connectivity index (χ0v) is 18.3. The van der Waals surface area contributed by atoms with Crippen molar-refractivity contribution in [1.82, 2.24) is 4.90 Å². The number of hydrogen-bond acceptors (Lipinski definition) is 4. The zero-order valence-electron chi connectivity index (χ0n) is 18.3. The molecule has 2 saturated carbocycles. The molecule has 3 atom stereocenters. The highest BCUT2D eigenvalue weighted by molar-refractivity contribution is 6.07. The van der Waals surface area contributed by atoms with E-state index in [1.807, 2.05) is 12.1 Å². The first kappa shape index (κ1) is 22.3. The quantitative estimate of drug-likeness (QED) is 0.694. The molecule has 2 aliphatic carbocycles. The summed E-state index contributed by atoms with van der Waals surface area (Å²) in [5.74, 6) is -3.85. The van der Waals surface area contributed by atoms with Crippen molar-refractivity contribution in [2.75, 3.05) is 11.5 Å². The molecule has 1 heterocycles. The number of carbonyl (C=O) groups excluding carboxylic acids is 2. The van der Waals surface area contributed by atoms with Crippen molar-refractivity contribution in [3.8, 4) is 0 Å². The van der Waals surface area contributed by atoms with Crippen molar-refractivity contribution in [2.45, 2.75) is 50.2 Å². The van der Waals surface area contributed by atoms with E-state index in [1.54, 1.807) is 21.9 Å². The monoisotopic (exact) mass is 470 g/mol. The number of carboxylic acid groups (broad SMARTS) is 1. The van der Waals surface area contributed by atoms with Crippen LogP contribution in [0.4, 0.5) is 19.3 Å². The summed E-state index contributed by atoms with van der Waals surface area (Å²) in [4.78, 5) is 40.9. The highest BCUT2D eigenvalue weighted by Gasteiger charge is 2.52. The van der Waals surface area contributed by atoms with Crippen LogP contribution in [-0.4, -0.2) is 46.7 Å². The number of nitrogens with zero attached hydrogens (tertiary/aromatic N) is 2. The fourth-order valence-electron chi connectivity index (χ4n) is 5.45. The van der Waals surface area contributed by atoms with Crippen LogP contribution < -0.4 is 4.90 Å².